The summed E-state index contributed by atoms with van der Waals surface area (Å²) in [6, 6.07) is 13.1. The Kier molecular flexibility index (Phi) is 4.50. The summed E-state index contributed by atoms with van der Waals surface area (Å²) in [6.45, 7) is 3.34. The van der Waals surface area contributed by atoms with Gasteiger partial charge in [-0.3, -0.25) is 0 Å². The first kappa shape index (κ1) is 13.2. The lowest BCUT2D eigenvalue weighted by atomic mass is 10.1. The quantitative estimate of drug-likeness (QED) is 0.893. The first-order valence-electron chi connectivity index (χ1n) is 5.86. The molecular weight excluding hydrogens is 293 g/mol. The van der Waals surface area contributed by atoms with E-state index in [0.29, 0.717) is 12.1 Å². The highest BCUT2D eigenvalue weighted by Gasteiger charge is 2.01. The van der Waals surface area contributed by atoms with Gasteiger partial charge < -0.3 is 5.32 Å². The van der Waals surface area contributed by atoms with Crippen LogP contribution in [0.4, 0.5) is 4.39 Å². The molecule has 0 radical (unpaired) electrons. The lowest BCUT2D eigenvalue weighted by molar-refractivity contribution is 0.588. The number of rotatable bonds is 4. The van der Waals surface area contributed by atoms with Gasteiger partial charge in [0.2, 0.25) is 0 Å². The van der Waals surface area contributed by atoms with E-state index >= 15 is 0 Å². The highest BCUT2D eigenvalue weighted by Crippen LogP contribution is 2.17. The van der Waals surface area contributed by atoms with Crippen molar-refractivity contribution >= 4 is 15.9 Å². The van der Waals surface area contributed by atoms with Gasteiger partial charge in [0.15, 0.2) is 0 Å². The van der Waals surface area contributed by atoms with Crippen LogP contribution in [-0.2, 0) is 13.1 Å². The van der Waals surface area contributed by atoms with E-state index in [2.05, 4.69) is 40.3 Å². The fourth-order valence-corrected chi connectivity index (χ4v) is 2.05. The Hall–Kier alpha value is -1.19. The number of hydrogen-bond donors (Lipinski definition) is 1. The summed E-state index contributed by atoms with van der Waals surface area (Å²) in [5, 5.41) is 3.25. The molecule has 0 bridgehead atoms. The maximum atomic E-state index is 13.4. The highest BCUT2D eigenvalue weighted by molar-refractivity contribution is 9.10. The SMILES string of the molecule is Cc1cc(CNCc2ccccc2F)ccc1Br. The first-order chi connectivity index (χ1) is 8.66. The van der Waals surface area contributed by atoms with Crippen LogP contribution >= 0.6 is 15.9 Å². The molecule has 2 aromatic carbocycles. The molecule has 0 saturated heterocycles. The molecule has 94 valence electrons. The minimum atomic E-state index is -0.156. The lowest BCUT2D eigenvalue weighted by Gasteiger charge is -2.07. The summed E-state index contributed by atoms with van der Waals surface area (Å²) in [5.74, 6) is -0.156. The number of aryl methyl sites for hydroxylation is 1. The standard InChI is InChI=1S/C15H15BrFN/c1-11-8-12(6-7-14(11)16)9-18-10-13-4-2-3-5-15(13)17/h2-8,18H,9-10H2,1H3. The molecule has 2 rings (SSSR count). The summed E-state index contributed by atoms with van der Waals surface area (Å²) in [4.78, 5) is 0. The topological polar surface area (TPSA) is 12.0 Å². The van der Waals surface area contributed by atoms with E-state index in [4.69, 9.17) is 0 Å². The molecule has 0 amide bonds. The minimum absolute atomic E-state index is 0.156. The van der Waals surface area contributed by atoms with Gasteiger partial charge in [0.05, 0.1) is 0 Å². The number of halogens is 2. The molecule has 1 nitrogen and oxygen atoms in total. The molecule has 0 aliphatic heterocycles. The Morgan fingerprint density at radius 2 is 1.89 bits per heavy atom. The predicted octanol–water partition coefficient (Wildman–Crippen LogP) is 4.19. The van der Waals surface area contributed by atoms with Crippen molar-refractivity contribution in [2.24, 2.45) is 0 Å². The molecule has 0 spiro atoms. The molecule has 18 heavy (non-hydrogen) atoms. The number of nitrogens with one attached hydrogen (secondary N) is 1. The average Bonchev–Trinajstić information content (AvgIpc) is 2.36. The fourth-order valence-electron chi connectivity index (χ4n) is 1.80. The maximum absolute atomic E-state index is 13.4. The summed E-state index contributed by atoms with van der Waals surface area (Å²) in [5.41, 5.74) is 3.11. The number of hydrogen-bond acceptors (Lipinski definition) is 1. The van der Waals surface area contributed by atoms with E-state index in [0.717, 1.165) is 11.0 Å². The van der Waals surface area contributed by atoms with Gasteiger partial charge in [-0.25, -0.2) is 4.39 Å². The van der Waals surface area contributed by atoms with Crippen molar-refractivity contribution in [1.82, 2.24) is 5.32 Å². The van der Waals surface area contributed by atoms with Crippen LogP contribution in [-0.4, -0.2) is 0 Å². The summed E-state index contributed by atoms with van der Waals surface area (Å²) in [7, 11) is 0. The zero-order chi connectivity index (χ0) is 13.0. The summed E-state index contributed by atoms with van der Waals surface area (Å²) >= 11 is 3.47. The Morgan fingerprint density at radius 3 is 2.61 bits per heavy atom. The normalized spacial score (nSPS) is 10.6. The molecule has 0 aliphatic carbocycles. The molecule has 3 heteroatoms. The molecular formula is C15H15BrFN. The summed E-state index contributed by atoms with van der Waals surface area (Å²) in [6.07, 6.45) is 0. The molecule has 2 aromatic rings. The van der Waals surface area contributed by atoms with Crippen molar-refractivity contribution in [3.05, 3.63) is 69.4 Å². The van der Waals surface area contributed by atoms with E-state index in [9.17, 15) is 4.39 Å². The Balaban J connectivity index is 1.92. The molecule has 0 aliphatic rings. The van der Waals surface area contributed by atoms with Gasteiger partial charge in [0.1, 0.15) is 5.82 Å². The van der Waals surface area contributed by atoms with Gasteiger partial charge in [-0.15, -0.1) is 0 Å². The third-order valence-electron chi connectivity index (χ3n) is 2.82. The lowest BCUT2D eigenvalue weighted by Crippen LogP contribution is -2.13. The third kappa shape index (κ3) is 3.40. The Labute approximate surface area is 115 Å². The monoisotopic (exact) mass is 307 g/mol. The minimum Gasteiger partial charge on any atom is -0.309 e. The third-order valence-corrected chi connectivity index (χ3v) is 3.71. The Bertz CT molecular complexity index is 540. The first-order valence-corrected chi connectivity index (χ1v) is 6.65. The van der Waals surface area contributed by atoms with Crippen LogP contribution in [0.1, 0.15) is 16.7 Å². The van der Waals surface area contributed by atoms with Crippen LogP contribution < -0.4 is 5.32 Å². The second-order valence-corrected chi connectivity index (χ2v) is 5.13. The van der Waals surface area contributed by atoms with Gasteiger partial charge >= 0.3 is 0 Å². The second kappa shape index (κ2) is 6.12. The van der Waals surface area contributed by atoms with E-state index in [-0.39, 0.29) is 5.82 Å². The van der Waals surface area contributed by atoms with E-state index in [1.165, 1.54) is 17.2 Å². The van der Waals surface area contributed by atoms with E-state index in [1.54, 1.807) is 12.1 Å². The average molecular weight is 308 g/mol. The van der Waals surface area contributed by atoms with E-state index in [1.807, 2.05) is 12.1 Å². The van der Waals surface area contributed by atoms with Gasteiger partial charge in [-0.05, 0) is 30.2 Å². The molecule has 0 fully saturated rings. The number of benzene rings is 2. The van der Waals surface area contributed by atoms with Gasteiger partial charge in [0.25, 0.3) is 0 Å². The van der Waals surface area contributed by atoms with Gasteiger partial charge in [-0.1, -0.05) is 46.3 Å². The zero-order valence-electron chi connectivity index (χ0n) is 10.2. The highest BCUT2D eigenvalue weighted by atomic mass is 79.9. The van der Waals surface area contributed by atoms with E-state index < -0.39 is 0 Å². The molecule has 0 saturated carbocycles. The molecule has 0 atom stereocenters. The molecule has 0 heterocycles. The van der Waals surface area contributed by atoms with Crippen molar-refractivity contribution in [3.63, 3.8) is 0 Å². The van der Waals surface area contributed by atoms with Crippen LogP contribution in [0.25, 0.3) is 0 Å². The smallest absolute Gasteiger partial charge is 0.127 e. The molecule has 0 aromatic heterocycles. The van der Waals surface area contributed by atoms with Crippen LogP contribution in [0.3, 0.4) is 0 Å². The van der Waals surface area contributed by atoms with Crippen molar-refractivity contribution in [1.29, 1.82) is 0 Å². The Morgan fingerprint density at radius 1 is 1.11 bits per heavy atom. The van der Waals surface area contributed by atoms with Gasteiger partial charge in [0, 0.05) is 23.1 Å². The largest absolute Gasteiger partial charge is 0.309 e. The predicted molar refractivity (Wildman–Crippen MR) is 75.8 cm³/mol. The second-order valence-electron chi connectivity index (χ2n) is 4.28. The van der Waals surface area contributed by atoms with Crippen molar-refractivity contribution in [3.8, 4) is 0 Å². The van der Waals surface area contributed by atoms with Crippen LogP contribution in [0.15, 0.2) is 46.9 Å². The van der Waals surface area contributed by atoms with Crippen molar-refractivity contribution < 1.29 is 4.39 Å². The molecule has 0 unspecified atom stereocenters. The van der Waals surface area contributed by atoms with Crippen molar-refractivity contribution in [2.45, 2.75) is 20.0 Å². The molecule has 1 N–H and O–H groups in total. The zero-order valence-corrected chi connectivity index (χ0v) is 11.8. The fraction of sp³-hybridized carbons (Fsp3) is 0.200. The van der Waals surface area contributed by atoms with Crippen LogP contribution in [0, 0.1) is 12.7 Å². The van der Waals surface area contributed by atoms with Crippen LogP contribution in [0.2, 0.25) is 0 Å². The van der Waals surface area contributed by atoms with Gasteiger partial charge in [-0.2, -0.15) is 0 Å². The summed E-state index contributed by atoms with van der Waals surface area (Å²) < 4.78 is 14.5. The van der Waals surface area contributed by atoms with Crippen molar-refractivity contribution in [2.75, 3.05) is 0 Å². The van der Waals surface area contributed by atoms with Crippen LogP contribution in [0.5, 0.6) is 0 Å². The maximum Gasteiger partial charge on any atom is 0.127 e.